The molecule has 0 aliphatic rings. The summed E-state index contributed by atoms with van der Waals surface area (Å²) in [5.41, 5.74) is -0.0721. The molecule has 0 aliphatic heterocycles. The molecule has 0 atom stereocenters. The van der Waals surface area contributed by atoms with Crippen molar-refractivity contribution >= 4 is 0 Å². The quantitative estimate of drug-likeness (QED) is 0.606. The topological polar surface area (TPSA) is 12.5 Å². The van der Waals surface area contributed by atoms with Crippen LogP contribution in [0.25, 0.3) is 0 Å². The van der Waals surface area contributed by atoms with Crippen LogP contribution in [-0.4, -0.2) is 23.8 Å². The molecule has 12 heavy (non-hydrogen) atoms. The largest absolute Gasteiger partial charge is 0.293 e. The second-order valence-corrected chi connectivity index (χ2v) is 4.22. The smallest absolute Gasteiger partial charge is 0.0815 e. The summed E-state index contributed by atoms with van der Waals surface area (Å²) in [5.74, 6) is 0. The second-order valence-electron chi connectivity index (χ2n) is 4.22. The molecule has 0 amide bonds. The molecule has 0 rings (SSSR count). The van der Waals surface area contributed by atoms with Crippen LogP contribution in [-0.2, 0) is 4.84 Å². The van der Waals surface area contributed by atoms with E-state index in [1.54, 1.807) is 0 Å². The summed E-state index contributed by atoms with van der Waals surface area (Å²) in [6.07, 6.45) is 2.28. The van der Waals surface area contributed by atoms with E-state index < -0.39 is 0 Å². The Morgan fingerprint density at radius 2 is 1.58 bits per heavy atom. The highest BCUT2D eigenvalue weighted by atomic mass is 16.7. The van der Waals surface area contributed by atoms with Gasteiger partial charge in [-0.25, -0.2) is 0 Å². The predicted molar refractivity (Wildman–Crippen MR) is 53.0 cm³/mol. The molecule has 2 heteroatoms. The molecule has 0 aromatic carbocycles. The van der Waals surface area contributed by atoms with Crippen LogP contribution in [0.3, 0.4) is 0 Å². The zero-order valence-electron chi connectivity index (χ0n) is 9.35. The third kappa shape index (κ3) is 4.73. The van der Waals surface area contributed by atoms with Crippen molar-refractivity contribution in [3.05, 3.63) is 0 Å². The Morgan fingerprint density at radius 1 is 1.17 bits per heavy atom. The Balaban J connectivity index is 3.92. The lowest BCUT2D eigenvalue weighted by molar-refractivity contribution is -0.235. The molecule has 0 radical (unpaired) electrons. The highest BCUT2D eigenvalue weighted by molar-refractivity contribution is 4.62. The van der Waals surface area contributed by atoms with E-state index in [4.69, 9.17) is 4.84 Å². The second kappa shape index (κ2) is 4.83. The summed E-state index contributed by atoms with van der Waals surface area (Å²) in [6.45, 7) is 10.6. The summed E-state index contributed by atoms with van der Waals surface area (Å²) >= 11 is 0. The van der Waals surface area contributed by atoms with Gasteiger partial charge < -0.3 is 0 Å². The zero-order valence-corrected chi connectivity index (χ0v) is 9.35. The Morgan fingerprint density at radius 3 is 1.83 bits per heavy atom. The van der Waals surface area contributed by atoms with E-state index in [9.17, 15) is 0 Å². The number of hydrogen-bond donors (Lipinski definition) is 0. The van der Waals surface area contributed by atoms with Crippen molar-refractivity contribution in [3.63, 3.8) is 0 Å². The first-order valence-electron chi connectivity index (χ1n) is 4.82. The van der Waals surface area contributed by atoms with Gasteiger partial charge >= 0.3 is 0 Å². The maximum absolute atomic E-state index is 5.71. The molecular formula is C10H23NO. The lowest BCUT2D eigenvalue weighted by Gasteiger charge is -2.32. The van der Waals surface area contributed by atoms with Crippen molar-refractivity contribution in [2.75, 3.05) is 7.05 Å². The van der Waals surface area contributed by atoms with Crippen LogP contribution >= 0.6 is 0 Å². The lowest BCUT2D eigenvalue weighted by Crippen LogP contribution is -2.37. The standard InChI is InChI=1S/C10H23NO/c1-7-9(8-2)11(6)12-10(3,4)5/h9H,7-8H2,1-6H3. The van der Waals surface area contributed by atoms with Crippen LogP contribution in [0.2, 0.25) is 0 Å². The summed E-state index contributed by atoms with van der Waals surface area (Å²) in [4.78, 5) is 5.71. The van der Waals surface area contributed by atoms with Gasteiger partial charge in [0, 0.05) is 13.1 Å². The van der Waals surface area contributed by atoms with Gasteiger partial charge in [0.15, 0.2) is 0 Å². The minimum atomic E-state index is -0.0721. The fourth-order valence-corrected chi connectivity index (χ4v) is 1.31. The molecule has 0 N–H and O–H groups in total. The first-order valence-corrected chi connectivity index (χ1v) is 4.82. The number of rotatable bonds is 4. The maximum atomic E-state index is 5.71. The number of nitrogens with zero attached hydrogens (tertiary/aromatic N) is 1. The van der Waals surface area contributed by atoms with E-state index in [1.807, 2.05) is 12.1 Å². The number of hydrogen-bond acceptors (Lipinski definition) is 2. The zero-order chi connectivity index (χ0) is 9.78. The van der Waals surface area contributed by atoms with Gasteiger partial charge in [-0.15, -0.1) is 0 Å². The molecule has 0 unspecified atom stereocenters. The van der Waals surface area contributed by atoms with E-state index in [2.05, 4.69) is 34.6 Å². The molecule has 2 nitrogen and oxygen atoms in total. The van der Waals surface area contributed by atoms with Gasteiger partial charge in [0.25, 0.3) is 0 Å². The average Bonchev–Trinajstić information content (AvgIpc) is 1.85. The van der Waals surface area contributed by atoms with Crippen LogP contribution in [0.4, 0.5) is 0 Å². The first kappa shape index (κ1) is 11.9. The highest BCUT2D eigenvalue weighted by Crippen LogP contribution is 2.14. The van der Waals surface area contributed by atoms with Gasteiger partial charge in [-0.1, -0.05) is 13.8 Å². The molecule has 74 valence electrons. The van der Waals surface area contributed by atoms with Crippen LogP contribution in [0.5, 0.6) is 0 Å². The third-order valence-electron chi connectivity index (χ3n) is 1.87. The van der Waals surface area contributed by atoms with Crippen LogP contribution < -0.4 is 0 Å². The summed E-state index contributed by atoms with van der Waals surface area (Å²) in [7, 11) is 2.02. The van der Waals surface area contributed by atoms with E-state index >= 15 is 0 Å². The first-order chi connectivity index (χ1) is 5.40. The van der Waals surface area contributed by atoms with Gasteiger partial charge in [-0.3, -0.25) is 4.84 Å². The van der Waals surface area contributed by atoms with Crippen LogP contribution in [0.1, 0.15) is 47.5 Å². The fourth-order valence-electron chi connectivity index (χ4n) is 1.31. The minimum absolute atomic E-state index is 0.0721. The molecule has 0 saturated carbocycles. The van der Waals surface area contributed by atoms with E-state index in [-0.39, 0.29) is 5.60 Å². The predicted octanol–water partition coefficient (Wildman–Crippen LogP) is 2.84. The SMILES string of the molecule is CCC(CC)N(C)OC(C)(C)C. The van der Waals surface area contributed by atoms with E-state index in [0.717, 1.165) is 12.8 Å². The third-order valence-corrected chi connectivity index (χ3v) is 1.87. The van der Waals surface area contributed by atoms with Crippen molar-refractivity contribution in [2.24, 2.45) is 0 Å². The summed E-state index contributed by atoms with van der Waals surface area (Å²) in [5, 5.41) is 1.99. The molecular weight excluding hydrogens is 150 g/mol. The van der Waals surface area contributed by atoms with Crippen molar-refractivity contribution < 1.29 is 4.84 Å². The molecule has 0 bridgehead atoms. The van der Waals surface area contributed by atoms with E-state index in [0.29, 0.717) is 6.04 Å². The molecule has 0 aromatic heterocycles. The Labute approximate surface area is 76.9 Å². The van der Waals surface area contributed by atoms with Crippen LogP contribution in [0.15, 0.2) is 0 Å². The Bertz CT molecular complexity index is 113. The van der Waals surface area contributed by atoms with E-state index in [1.165, 1.54) is 0 Å². The van der Waals surface area contributed by atoms with Gasteiger partial charge in [0.05, 0.1) is 5.60 Å². The van der Waals surface area contributed by atoms with Crippen LogP contribution in [0, 0.1) is 0 Å². The van der Waals surface area contributed by atoms with Gasteiger partial charge in [0.2, 0.25) is 0 Å². The average molecular weight is 173 g/mol. The van der Waals surface area contributed by atoms with Gasteiger partial charge in [-0.05, 0) is 33.6 Å². The lowest BCUT2D eigenvalue weighted by atomic mass is 10.1. The summed E-state index contributed by atoms with van der Waals surface area (Å²) in [6, 6.07) is 0.546. The van der Waals surface area contributed by atoms with Gasteiger partial charge in [0.1, 0.15) is 0 Å². The molecule has 0 aromatic rings. The van der Waals surface area contributed by atoms with Gasteiger partial charge in [-0.2, -0.15) is 5.06 Å². The van der Waals surface area contributed by atoms with Crippen molar-refractivity contribution in [3.8, 4) is 0 Å². The molecule has 0 heterocycles. The highest BCUT2D eigenvalue weighted by Gasteiger charge is 2.18. The normalized spacial score (nSPS) is 13.0. The fraction of sp³-hybridized carbons (Fsp3) is 1.00. The minimum Gasteiger partial charge on any atom is -0.293 e. The Kier molecular flexibility index (Phi) is 4.80. The number of hydroxylamine groups is 2. The monoisotopic (exact) mass is 173 g/mol. The van der Waals surface area contributed by atoms with Crippen molar-refractivity contribution in [1.82, 2.24) is 5.06 Å². The molecule has 0 spiro atoms. The maximum Gasteiger partial charge on any atom is 0.0815 e. The summed E-state index contributed by atoms with van der Waals surface area (Å²) < 4.78 is 0. The molecule has 0 fully saturated rings. The molecule has 0 saturated heterocycles. The Hall–Kier alpha value is -0.0800. The van der Waals surface area contributed by atoms with Crippen molar-refractivity contribution in [1.29, 1.82) is 0 Å². The van der Waals surface area contributed by atoms with Crippen molar-refractivity contribution in [2.45, 2.75) is 59.1 Å². The molecule has 0 aliphatic carbocycles.